The molecule has 0 amide bonds. The van der Waals surface area contributed by atoms with Crippen LogP contribution in [0.4, 0.5) is 0 Å². The van der Waals surface area contributed by atoms with Gasteiger partial charge in [-0.3, -0.25) is 4.79 Å². The van der Waals surface area contributed by atoms with Gasteiger partial charge in [-0.15, -0.1) is 0 Å². The van der Waals surface area contributed by atoms with Crippen LogP contribution in [0.1, 0.15) is 66.2 Å². The van der Waals surface area contributed by atoms with Crippen molar-refractivity contribution >= 4 is 11.8 Å². The average Bonchev–Trinajstić information content (AvgIpc) is 3.09. The Labute approximate surface area is 201 Å². The number of carbonyl (C=O) groups is 2. The van der Waals surface area contributed by atoms with E-state index in [1.807, 2.05) is 13.0 Å². The number of fused-ring (bicyclic) bond motifs is 5. The average molecular weight is 471 g/mol. The zero-order valence-electron chi connectivity index (χ0n) is 20.7. The van der Waals surface area contributed by atoms with Crippen molar-refractivity contribution in [3.05, 3.63) is 34.9 Å². The zero-order chi connectivity index (χ0) is 24.6. The molecule has 2 saturated carbocycles. The van der Waals surface area contributed by atoms with Crippen LogP contribution in [0.15, 0.2) is 34.9 Å². The van der Waals surface area contributed by atoms with E-state index >= 15 is 0 Å². The van der Waals surface area contributed by atoms with Crippen LogP contribution in [-0.2, 0) is 14.3 Å². The molecule has 5 rings (SSSR count). The summed E-state index contributed by atoms with van der Waals surface area (Å²) in [6.07, 6.45) is 9.01. The number of cyclic esters (lactones) is 1. The number of aliphatic hydroxyl groups is 3. The predicted molar refractivity (Wildman–Crippen MR) is 126 cm³/mol. The molecule has 34 heavy (non-hydrogen) atoms. The van der Waals surface area contributed by atoms with Crippen molar-refractivity contribution in [1.82, 2.24) is 0 Å². The highest BCUT2D eigenvalue weighted by molar-refractivity contribution is 5.98. The molecule has 1 aliphatic heterocycles. The van der Waals surface area contributed by atoms with Gasteiger partial charge in [-0.05, 0) is 87.2 Å². The monoisotopic (exact) mass is 470 g/mol. The van der Waals surface area contributed by atoms with Crippen LogP contribution >= 0.6 is 0 Å². The van der Waals surface area contributed by atoms with Crippen LogP contribution in [0, 0.1) is 34.5 Å². The predicted octanol–water partition coefficient (Wildman–Crippen LogP) is 3.26. The van der Waals surface area contributed by atoms with E-state index in [0.717, 1.165) is 32.1 Å². The second kappa shape index (κ2) is 7.87. The number of allylic oxidation sites excluding steroid dienone is 4. The summed E-state index contributed by atoms with van der Waals surface area (Å²) < 4.78 is 5.62. The minimum Gasteiger partial charge on any atom is -0.455 e. The van der Waals surface area contributed by atoms with E-state index < -0.39 is 47.1 Å². The molecule has 0 aromatic carbocycles. The summed E-state index contributed by atoms with van der Waals surface area (Å²) in [4.78, 5) is 25.6. The first-order valence-corrected chi connectivity index (χ1v) is 12.8. The number of hydrogen-bond donors (Lipinski definition) is 3. The van der Waals surface area contributed by atoms with Crippen molar-refractivity contribution in [1.29, 1.82) is 0 Å². The smallest absolute Gasteiger partial charge is 0.336 e. The topological polar surface area (TPSA) is 104 Å². The lowest BCUT2D eigenvalue weighted by molar-refractivity contribution is -0.193. The van der Waals surface area contributed by atoms with Crippen molar-refractivity contribution in [3.8, 4) is 0 Å². The van der Waals surface area contributed by atoms with Gasteiger partial charge in [0, 0.05) is 5.92 Å². The lowest BCUT2D eigenvalue weighted by atomic mass is 9.46. The number of esters is 1. The van der Waals surface area contributed by atoms with Crippen molar-refractivity contribution in [2.75, 3.05) is 6.61 Å². The number of aliphatic hydroxyl groups excluding tert-OH is 2. The van der Waals surface area contributed by atoms with Crippen LogP contribution in [0.2, 0.25) is 0 Å². The number of hydrogen-bond acceptors (Lipinski definition) is 6. The fraction of sp³-hybridized carbons (Fsp3) is 0.714. The first kappa shape index (κ1) is 24.0. The third kappa shape index (κ3) is 2.91. The van der Waals surface area contributed by atoms with Crippen LogP contribution in [0.25, 0.3) is 0 Å². The van der Waals surface area contributed by atoms with Gasteiger partial charge in [0.1, 0.15) is 12.2 Å². The first-order valence-electron chi connectivity index (χ1n) is 12.8. The molecule has 9 atom stereocenters. The quantitative estimate of drug-likeness (QED) is 0.432. The van der Waals surface area contributed by atoms with Gasteiger partial charge < -0.3 is 20.1 Å². The van der Waals surface area contributed by atoms with Crippen molar-refractivity contribution in [3.63, 3.8) is 0 Å². The van der Waals surface area contributed by atoms with Crippen molar-refractivity contribution in [2.45, 2.75) is 84.0 Å². The first-order chi connectivity index (χ1) is 16.0. The second-order valence-electron chi connectivity index (χ2n) is 11.9. The second-order valence-corrected chi connectivity index (χ2v) is 11.9. The van der Waals surface area contributed by atoms with Gasteiger partial charge >= 0.3 is 5.97 Å². The molecule has 9 unspecified atom stereocenters. The van der Waals surface area contributed by atoms with E-state index in [0.29, 0.717) is 17.9 Å². The summed E-state index contributed by atoms with van der Waals surface area (Å²) >= 11 is 0. The summed E-state index contributed by atoms with van der Waals surface area (Å²) in [6.45, 7) is 7.35. The fourth-order valence-electron chi connectivity index (χ4n) is 8.64. The molecule has 0 spiro atoms. The molecular formula is C28H38O6. The van der Waals surface area contributed by atoms with Gasteiger partial charge in [-0.2, -0.15) is 0 Å². The summed E-state index contributed by atoms with van der Waals surface area (Å²) in [5.41, 5.74) is -0.169. The standard InChI is InChI=1S/C28H38O6/c1-15-19(14-29)25(32)34-24(23(15)31)16(2)28(33)13-11-20-18-9-8-17-6-5-7-22(30)27(17,4)21(18)10-12-26(20,28)3/h5,7-8,16,18,20-21,23-24,29,31,33H,6,9-14H2,1-4H3. The molecule has 1 heterocycles. The van der Waals surface area contributed by atoms with Gasteiger partial charge in [0.15, 0.2) is 5.78 Å². The van der Waals surface area contributed by atoms with Crippen LogP contribution < -0.4 is 0 Å². The van der Waals surface area contributed by atoms with Gasteiger partial charge in [0.25, 0.3) is 0 Å². The van der Waals surface area contributed by atoms with E-state index in [1.165, 1.54) is 5.57 Å². The molecule has 6 nitrogen and oxygen atoms in total. The normalized spacial score (nSPS) is 46.9. The van der Waals surface area contributed by atoms with Gasteiger partial charge in [-0.25, -0.2) is 4.79 Å². The number of rotatable bonds is 3. The maximum Gasteiger partial charge on any atom is 0.336 e. The maximum atomic E-state index is 13.1. The molecule has 0 radical (unpaired) electrons. The number of carbonyl (C=O) groups excluding carboxylic acids is 2. The number of ketones is 1. The van der Waals surface area contributed by atoms with Crippen LogP contribution in [0.3, 0.4) is 0 Å². The largest absolute Gasteiger partial charge is 0.455 e. The fourth-order valence-corrected chi connectivity index (χ4v) is 8.64. The molecule has 0 aromatic heterocycles. The van der Waals surface area contributed by atoms with E-state index in [9.17, 15) is 24.9 Å². The Morgan fingerprint density at radius 2 is 1.88 bits per heavy atom. The molecule has 2 fully saturated rings. The molecule has 3 N–H and O–H groups in total. The molecule has 5 aliphatic rings. The van der Waals surface area contributed by atoms with Crippen LogP contribution in [0.5, 0.6) is 0 Å². The van der Waals surface area contributed by atoms with Gasteiger partial charge in [0.05, 0.1) is 23.2 Å². The Bertz CT molecular complexity index is 1010. The van der Waals surface area contributed by atoms with E-state index in [4.69, 9.17) is 4.74 Å². The third-order valence-electron chi connectivity index (χ3n) is 10.9. The molecule has 0 bridgehead atoms. The minimum atomic E-state index is -1.10. The Morgan fingerprint density at radius 1 is 1.18 bits per heavy atom. The Balaban J connectivity index is 1.46. The third-order valence-corrected chi connectivity index (χ3v) is 10.9. The van der Waals surface area contributed by atoms with E-state index in [2.05, 4.69) is 19.9 Å². The lowest BCUT2D eigenvalue weighted by Gasteiger charge is -2.58. The Morgan fingerprint density at radius 3 is 2.59 bits per heavy atom. The highest BCUT2D eigenvalue weighted by Crippen LogP contribution is 2.68. The molecule has 186 valence electrons. The van der Waals surface area contributed by atoms with Gasteiger partial charge in [0.2, 0.25) is 0 Å². The lowest BCUT2D eigenvalue weighted by Crippen LogP contribution is -2.60. The zero-order valence-corrected chi connectivity index (χ0v) is 20.7. The summed E-state index contributed by atoms with van der Waals surface area (Å²) in [6, 6.07) is 0. The maximum absolute atomic E-state index is 13.1. The van der Waals surface area contributed by atoms with E-state index in [1.54, 1.807) is 13.0 Å². The SMILES string of the molecule is CC1=C(CO)C(=O)OC(C(C)C2(O)CCC3C4CC=C5CC=CC(=O)C5(C)C4CCC32C)C1O. The molecule has 0 saturated heterocycles. The summed E-state index contributed by atoms with van der Waals surface area (Å²) in [5.74, 6) is -0.0208. The Hall–Kier alpha value is -1.76. The highest BCUT2D eigenvalue weighted by Gasteiger charge is 2.67. The molecule has 4 aliphatic carbocycles. The van der Waals surface area contributed by atoms with Crippen LogP contribution in [-0.4, -0.2) is 51.5 Å². The number of ether oxygens (including phenoxy) is 1. The van der Waals surface area contributed by atoms with Crippen molar-refractivity contribution < 1.29 is 29.6 Å². The molecule has 6 heteroatoms. The Kier molecular flexibility index (Phi) is 5.55. The summed E-state index contributed by atoms with van der Waals surface area (Å²) in [7, 11) is 0. The van der Waals surface area contributed by atoms with Gasteiger partial charge in [-0.1, -0.05) is 31.6 Å². The molecule has 0 aromatic rings. The summed E-state index contributed by atoms with van der Waals surface area (Å²) in [5, 5.41) is 32.7. The highest BCUT2D eigenvalue weighted by atomic mass is 16.6. The minimum absolute atomic E-state index is 0.100. The van der Waals surface area contributed by atoms with E-state index in [-0.39, 0.29) is 23.2 Å². The van der Waals surface area contributed by atoms with Crippen molar-refractivity contribution in [2.24, 2.45) is 34.5 Å². The molecular weight excluding hydrogens is 432 g/mol.